The summed E-state index contributed by atoms with van der Waals surface area (Å²) in [4.78, 5) is 12.0. The van der Waals surface area contributed by atoms with Gasteiger partial charge in [0, 0.05) is 5.56 Å². The Morgan fingerprint density at radius 3 is 2.70 bits per heavy atom. The minimum absolute atomic E-state index is 0.0821. The molecule has 0 unspecified atom stereocenters. The van der Waals surface area contributed by atoms with E-state index >= 15 is 0 Å². The summed E-state index contributed by atoms with van der Waals surface area (Å²) in [6, 6.07) is 19.1. The third-order valence-corrected chi connectivity index (χ3v) is 3.83. The van der Waals surface area contributed by atoms with Gasteiger partial charge in [0.1, 0.15) is 11.6 Å². The lowest BCUT2D eigenvalue weighted by Crippen LogP contribution is -2.20. The predicted molar refractivity (Wildman–Crippen MR) is 97.8 cm³/mol. The number of rotatable bonds is 5. The van der Waals surface area contributed by atoms with E-state index in [0.717, 1.165) is 10.8 Å². The largest absolute Gasteiger partial charge is 0.484 e. The van der Waals surface area contributed by atoms with Crippen molar-refractivity contribution in [2.24, 2.45) is 0 Å². The number of nitrogens with zero attached hydrogens (tertiary/aromatic N) is 2. The molecule has 0 aliphatic carbocycles. The highest BCUT2D eigenvalue weighted by Crippen LogP contribution is 2.22. The Morgan fingerprint density at radius 1 is 1.00 bits per heavy atom. The number of nitrogens with one attached hydrogen (secondary N) is 1. The number of aromatic nitrogens is 2. The van der Waals surface area contributed by atoms with Crippen molar-refractivity contribution in [3.05, 3.63) is 72.5 Å². The topological polar surface area (TPSA) is 77.2 Å². The molecule has 1 amide bonds. The molecular formula is C20H14FN3O3. The molecule has 0 aliphatic heterocycles. The highest BCUT2D eigenvalue weighted by atomic mass is 19.1. The number of amides is 1. The molecule has 4 aromatic rings. The molecule has 0 spiro atoms. The zero-order chi connectivity index (χ0) is 18.6. The molecule has 0 saturated carbocycles. The van der Waals surface area contributed by atoms with Gasteiger partial charge < -0.3 is 9.15 Å². The van der Waals surface area contributed by atoms with Crippen LogP contribution < -0.4 is 10.1 Å². The first-order valence-electron chi connectivity index (χ1n) is 8.18. The maximum absolute atomic E-state index is 13.3. The van der Waals surface area contributed by atoms with E-state index in [1.807, 2.05) is 36.4 Å². The van der Waals surface area contributed by atoms with Crippen LogP contribution in [-0.4, -0.2) is 22.7 Å². The lowest BCUT2D eigenvalue weighted by atomic mass is 10.1. The Balaban J connectivity index is 1.38. The van der Waals surface area contributed by atoms with Crippen LogP contribution in [0.1, 0.15) is 0 Å². The van der Waals surface area contributed by atoms with Gasteiger partial charge in [0.05, 0.1) is 0 Å². The molecule has 6 nitrogen and oxygen atoms in total. The fraction of sp³-hybridized carbons (Fsp3) is 0.0500. The number of ether oxygens (including phenoxy) is 1. The zero-order valence-corrected chi connectivity index (χ0v) is 14.1. The summed E-state index contributed by atoms with van der Waals surface area (Å²) < 4.78 is 24.1. The Bertz CT molecular complexity index is 1110. The van der Waals surface area contributed by atoms with Gasteiger partial charge in [-0.3, -0.25) is 10.1 Å². The molecule has 0 saturated heterocycles. The highest BCUT2D eigenvalue weighted by molar-refractivity contribution is 5.90. The molecule has 0 fully saturated rings. The SMILES string of the molecule is O=C(COc1ccc2ccccc2c1)Nc1nnc(-c2cccc(F)c2)o1. The molecule has 1 heterocycles. The van der Waals surface area contributed by atoms with E-state index < -0.39 is 11.7 Å². The van der Waals surface area contributed by atoms with Crippen molar-refractivity contribution in [3.8, 4) is 17.2 Å². The van der Waals surface area contributed by atoms with E-state index in [-0.39, 0.29) is 18.5 Å². The van der Waals surface area contributed by atoms with Gasteiger partial charge in [-0.1, -0.05) is 41.5 Å². The maximum atomic E-state index is 13.3. The third-order valence-electron chi connectivity index (χ3n) is 3.83. The summed E-state index contributed by atoms with van der Waals surface area (Å²) in [7, 11) is 0. The standard InChI is InChI=1S/C20H14FN3O3/c21-16-7-3-6-15(10-16)19-23-24-20(27-19)22-18(25)12-26-17-9-8-13-4-1-2-5-14(13)11-17/h1-11H,12H2,(H,22,24,25). The first-order valence-corrected chi connectivity index (χ1v) is 8.18. The fourth-order valence-electron chi connectivity index (χ4n) is 2.57. The van der Waals surface area contributed by atoms with Gasteiger partial charge in [0.25, 0.3) is 5.91 Å². The van der Waals surface area contributed by atoms with Crippen molar-refractivity contribution < 1.29 is 18.3 Å². The van der Waals surface area contributed by atoms with Gasteiger partial charge >= 0.3 is 6.01 Å². The Labute approximate surface area is 153 Å². The third kappa shape index (κ3) is 3.92. The van der Waals surface area contributed by atoms with E-state index in [2.05, 4.69) is 15.5 Å². The molecule has 0 radical (unpaired) electrons. The summed E-state index contributed by atoms with van der Waals surface area (Å²) in [5.74, 6) is -0.173. The highest BCUT2D eigenvalue weighted by Gasteiger charge is 2.12. The lowest BCUT2D eigenvalue weighted by molar-refractivity contribution is -0.118. The Kier molecular flexibility index (Phi) is 4.49. The van der Waals surface area contributed by atoms with Gasteiger partial charge in [0.2, 0.25) is 5.89 Å². The van der Waals surface area contributed by atoms with Gasteiger partial charge in [-0.25, -0.2) is 4.39 Å². The van der Waals surface area contributed by atoms with Crippen LogP contribution in [0.2, 0.25) is 0 Å². The second kappa shape index (κ2) is 7.25. The number of fused-ring (bicyclic) bond motifs is 1. The van der Waals surface area contributed by atoms with Crippen LogP contribution in [0.5, 0.6) is 5.75 Å². The van der Waals surface area contributed by atoms with Crippen LogP contribution in [-0.2, 0) is 4.79 Å². The minimum atomic E-state index is -0.447. The number of anilines is 1. The van der Waals surface area contributed by atoms with E-state index in [0.29, 0.717) is 11.3 Å². The number of hydrogen-bond acceptors (Lipinski definition) is 5. The van der Waals surface area contributed by atoms with Crippen molar-refractivity contribution in [1.29, 1.82) is 0 Å². The van der Waals surface area contributed by atoms with E-state index in [4.69, 9.17) is 9.15 Å². The number of carbonyl (C=O) groups is 1. The van der Waals surface area contributed by atoms with E-state index in [1.54, 1.807) is 12.1 Å². The number of carbonyl (C=O) groups excluding carboxylic acids is 1. The van der Waals surface area contributed by atoms with E-state index in [9.17, 15) is 9.18 Å². The van der Waals surface area contributed by atoms with Crippen LogP contribution in [0.25, 0.3) is 22.2 Å². The molecule has 1 aromatic heterocycles. The molecule has 1 N–H and O–H groups in total. The second-order valence-electron chi connectivity index (χ2n) is 5.77. The summed E-state index contributed by atoms with van der Waals surface area (Å²) in [6.45, 7) is -0.212. The van der Waals surface area contributed by atoms with Crippen LogP contribution in [0.4, 0.5) is 10.4 Å². The first-order chi connectivity index (χ1) is 13.2. The van der Waals surface area contributed by atoms with Crippen molar-refractivity contribution in [3.63, 3.8) is 0 Å². The van der Waals surface area contributed by atoms with Gasteiger partial charge in [-0.15, -0.1) is 5.10 Å². The minimum Gasteiger partial charge on any atom is -0.484 e. The van der Waals surface area contributed by atoms with Crippen molar-refractivity contribution >= 4 is 22.7 Å². The molecule has 7 heteroatoms. The summed E-state index contributed by atoms with van der Waals surface area (Å²) >= 11 is 0. The second-order valence-corrected chi connectivity index (χ2v) is 5.77. The Morgan fingerprint density at radius 2 is 1.85 bits per heavy atom. The zero-order valence-electron chi connectivity index (χ0n) is 14.1. The maximum Gasteiger partial charge on any atom is 0.322 e. The van der Waals surface area contributed by atoms with Gasteiger partial charge in [0.15, 0.2) is 6.61 Å². The van der Waals surface area contributed by atoms with Gasteiger partial charge in [-0.2, -0.15) is 0 Å². The summed E-state index contributed by atoms with van der Waals surface area (Å²) in [5, 5.41) is 12.1. The van der Waals surface area contributed by atoms with Crippen molar-refractivity contribution in [2.75, 3.05) is 11.9 Å². The number of benzene rings is 3. The average molecular weight is 363 g/mol. The van der Waals surface area contributed by atoms with Crippen LogP contribution in [0.15, 0.2) is 71.1 Å². The Hall–Kier alpha value is -3.74. The molecule has 4 rings (SSSR count). The number of hydrogen-bond donors (Lipinski definition) is 1. The van der Waals surface area contributed by atoms with Crippen LogP contribution in [0, 0.1) is 5.82 Å². The van der Waals surface area contributed by atoms with Crippen molar-refractivity contribution in [1.82, 2.24) is 10.2 Å². The molecule has 0 aliphatic rings. The van der Waals surface area contributed by atoms with Crippen LogP contribution in [0.3, 0.4) is 0 Å². The molecular weight excluding hydrogens is 349 g/mol. The average Bonchev–Trinajstić information content (AvgIpc) is 3.15. The molecule has 3 aromatic carbocycles. The monoisotopic (exact) mass is 363 g/mol. The molecule has 0 bridgehead atoms. The lowest BCUT2D eigenvalue weighted by Gasteiger charge is -2.06. The normalized spacial score (nSPS) is 10.7. The van der Waals surface area contributed by atoms with E-state index in [1.165, 1.54) is 18.2 Å². The summed E-state index contributed by atoms with van der Waals surface area (Å²) in [6.07, 6.45) is 0. The van der Waals surface area contributed by atoms with Crippen LogP contribution >= 0.6 is 0 Å². The first kappa shape index (κ1) is 16.7. The predicted octanol–water partition coefficient (Wildman–Crippen LogP) is 4.05. The van der Waals surface area contributed by atoms with Gasteiger partial charge in [-0.05, 0) is 41.1 Å². The quantitative estimate of drug-likeness (QED) is 0.579. The smallest absolute Gasteiger partial charge is 0.322 e. The van der Waals surface area contributed by atoms with Crippen molar-refractivity contribution in [2.45, 2.75) is 0 Å². The molecule has 0 atom stereocenters. The molecule has 27 heavy (non-hydrogen) atoms. The summed E-state index contributed by atoms with van der Waals surface area (Å²) in [5.41, 5.74) is 0.426. The molecule has 134 valence electrons. The number of halogens is 1. The fourth-order valence-corrected chi connectivity index (χ4v) is 2.57.